The maximum absolute atomic E-state index is 13.1. The van der Waals surface area contributed by atoms with Crippen LogP contribution in [0.4, 0.5) is 10.1 Å². The molecule has 2 aromatic carbocycles. The average Bonchev–Trinajstić information content (AvgIpc) is 3.25. The zero-order valence-corrected chi connectivity index (χ0v) is 18.3. The van der Waals surface area contributed by atoms with Crippen molar-refractivity contribution in [3.05, 3.63) is 81.1 Å². The van der Waals surface area contributed by atoms with Gasteiger partial charge in [-0.15, -0.1) is 0 Å². The van der Waals surface area contributed by atoms with Crippen LogP contribution in [0.25, 0.3) is 11.3 Å². The summed E-state index contributed by atoms with van der Waals surface area (Å²) in [7, 11) is 0. The van der Waals surface area contributed by atoms with E-state index < -0.39 is 28.5 Å². The van der Waals surface area contributed by atoms with Crippen molar-refractivity contribution in [1.82, 2.24) is 10.3 Å². The Hall–Kier alpha value is -3.79. The van der Waals surface area contributed by atoms with Gasteiger partial charge in [-0.2, -0.15) is 0 Å². The standard InChI is InChI=1S/C22H19ClFN3O6/c1-12(2)20(26-21(28)14-5-8-16(23)17(9-14)27(30)31)22(29)32-11-19-25-10-18(33-19)13-3-6-15(24)7-4-13/h3-10,12,20H,11H2,1-2H3,(H,26,28)/t20-/m0/s1. The second-order valence-corrected chi connectivity index (χ2v) is 7.76. The van der Waals surface area contributed by atoms with Crippen LogP contribution >= 0.6 is 11.6 Å². The van der Waals surface area contributed by atoms with Gasteiger partial charge in [0.25, 0.3) is 11.6 Å². The SMILES string of the molecule is CC(C)[C@H](NC(=O)c1ccc(Cl)c([N+](=O)[O-])c1)C(=O)OCc1ncc(-c2ccc(F)cc2)o1. The molecule has 0 aliphatic carbocycles. The molecule has 0 aliphatic heterocycles. The molecule has 0 aliphatic rings. The molecule has 172 valence electrons. The maximum atomic E-state index is 13.1. The monoisotopic (exact) mass is 475 g/mol. The quantitative estimate of drug-likeness (QED) is 0.288. The van der Waals surface area contributed by atoms with Gasteiger partial charge >= 0.3 is 5.97 Å². The van der Waals surface area contributed by atoms with Crippen molar-refractivity contribution < 1.29 is 28.1 Å². The number of carbonyl (C=O) groups is 2. The van der Waals surface area contributed by atoms with Crippen LogP contribution in [0.3, 0.4) is 0 Å². The van der Waals surface area contributed by atoms with E-state index in [4.69, 9.17) is 20.8 Å². The van der Waals surface area contributed by atoms with E-state index in [2.05, 4.69) is 10.3 Å². The molecular formula is C22H19ClFN3O6. The first-order valence-electron chi connectivity index (χ1n) is 9.77. The molecule has 1 N–H and O–H groups in total. The minimum atomic E-state index is -1.03. The lowest BCUT2D eigenvalue weighted by Crippen LogP contribution is -2.45. The van der Waals surface area contributed by atoms with Gasteiger partial charge in [-0.1, -0.05) is 25.4 Å². The van der Waals surface area contributed by atoms with Crippen LogP contribution in [-0.2, 0) is 16.1 Å². The van der Waals surface area contributed by atoms with Gasteiger partial charge in [0.15, 0.2) is 12.4 Å². The van der Waals surface area contributed by atoms with Crippen LogP contribution in [0.5, 0.6) is 0 Å². The van der Waals surface area contributed by atoms with Gasteiger partial charge in [-0.05, 0) is 42.3 Å². The Kier molecular flexibility index (Phi) is 7.39. The number of benzene rings is 2. The molecule has 0 bridgehead atoms. The van der Waals surface area contributed by atoms with Gasteiger partial charge in [-0.25, -0.2) is 14.2 Å². The summed E-state index contributed by atoms with van der Waals surface area (Å²) in [6, 6.07) is 8.17. The van der Waals surface area contributed by atoms with Crippen molar-refractivity contribution in [2.24, 2.45) is 5.92 Å². The summed E-state index contributed by atoms with van der Waals surface area (Å²) in [6.45, 7) is 3.12. The summed E-state index contributed by atoms with van der Waals surface area (Å²) in [4.78, 5) is 39.5. The number of nitrogens with one attached hydrogen (secondary N) is 1. The lowest BCUT2D eigenvalue weighted by Gasteiger charge is -2.20. The summed E-state index contributed by atoms with van der Waals surface area (Å²) in [6.07, 6.45) is 1.42. The molecule has 11 heteroatoms. The number of hydrogen-bond acceptors (Lipinski definition) is 7. The van der Waals surface area contributed by atoms with Crippen molar-refractivity contribution >= 4 is 29.2 Å². The smallest absolute Gasteiger partial charge is 0.329 e. The zero-order chi connectivity index (χ0) is 24.1. The highest BCUT2D eigenvalue weighted by Crippen LogP contribution is 2.25. The fourth-order valence-corrected chi connectivity index (χ4v) is 3.05. The number of halogens is 2. The van der Waals surface area contributed by atoms with Crippen molar-refractivity contribution in [3.8, 4) is 11.3 Å². The van der Waals surface area contributed by atoms with Gasteiger partial charge in [0, 0.05) is 17.2 Å². The number of nitro groups is 1. The highest BCUT2D eigenvalue weighted by atomic mass is 35.5. The fourth-order valence-electron chi connectivity index (χ4n) is 2.86. The summed E-state index contributed by atoms with van der Waals surface area (Å²) in [5.41, 5.74) is 0.154. The first-order chi connectivity index (χ1) is 15.7. The van der Waals surface area contributed by atoms with E-state index in [1.54, 1.807) is 13.8 Å². The number of esters is 1. The Morgan fingerprint density at radius 2 is 1.94 bits per heavy atom. The van der Waals surface area contributed by atoms with Crippen LogP contribution in [-0.4, -0.2) is 27.8 Å². The normalized spacial score (nSPS) is 11.8. The van der Waals surface area contributed by atoms with Gasteiger partial charge < -0.3 is 14.5 Å². The number of nitrogens with zero attached hydrogens (tertiary/aromatic N) is 2. The molecule has 33 heavy (non-hydrogen) atoms. The third-order valence-corrected chi connectivity index (χ3v) is 4.95. The van der Waals surface area contributed by atoms with Crippen molar-refractivity contribution in [3.63, 3.8) is 0 Å². The number of amides is 1. The van der Waals surface area contributed by atoms with Gasteiger partial charge in [0.1, 0.15) is 16.9 Å². The number of ether oxygens (including phenoxy) is 1. The topological polar surface area (TPSA) is 125 Å². The Labute approximate surface area is 192 Å². The molecule has 0 saturated heterocycles. The highest BCUT2D eigenvalue weighted by molar-refractivity contribution is 6.32. The van der Waals surface area contributed by atoms with E-state index in [0.717, 1.165) is 6.07 Å². The van der Waals surface area contributed by atoms with Gasteiger partial charge in [0.05, 0.1) is 11.1 Å². The molecule has 0 saturated carbocycles. The van der Waals surface area contributed by atoms with Crippen molar-refractivity contribution in [2.75, 3.05) is 0 Å². The Bertz CT molecular complexity index is 1180. The van der Waals surface area contributed by atoms with Crippen molar-refractivity contribution in [2.45, 2.75) is 26.5 Å². The molecule has 0 radical (unpaired) electrons. The summed E-state index contributed by atoms with van der Waals surface area (Å²) >= 11 is 5.77. The molecule has 0 unspecified atom stereocenters. The number of oxazole rings is 1. The van der Waals surface area contributed by atoms with E-state index in [1.807, 2.05) is 0 Å². The van der Waals surface area contributed by atoms with Crippen LogP contribution in [0, 0.1) is 21.8 Å². The fraction of sp³-hybridized carbons (Fsp3) is 0.227. The van der Waals surface area contributed by atoms with Crippen LogP contribution in [0.2, 0.25) is 5.02 Å². The van der Waals surface area contributed by atoms with Crippen molar-refractivity contribution in [1.29, 1.82) is 0 Å². The van der Waals surface area contributed by atoms with E-state index in [-0.39, 0.29) is 34.8 Å². The zero-order valence-electron chi connectivity index (χ0n) is 17.6. The van der Waals surface area contributed by atoms with Gasteiger partial charge in [-0.3, -0.25) is 14.9 Å². The maximum Gasteiger partial charge on any atom is 0.329 e. The Morgan fingerprint density at radius 1 is 1.24 bits per heavy atom. The summed E-state index contributed by atoms with van der Waals surface area (Å²) in [5, 5.41) is 13.5. The number of carbonyl (C=O) groups excluding carboxylic acids is 2. The van der Waals surface area contributed by atoms with Crippen LogP contribution in [0.1, 0.15) is 30.1 Å². The molecule has 1 heterocycles. The molecule has 1 atom stereocenters. The molecule has 9 nitrogen and oxygen atoms in total. The molecule has 3 rings (SSSR count). The van der Waals surface area contributed by atoms with E-state index in [0.29, 0.717) is 11.3 Å². The lowest BCUT2D eigenvalue weighted by molar-refractivity contribution is -0.384. The van der Waals surface area contributed by atoms with Crippen LogP contribution < -0.4 is 5.32 Å². The second-order valence-electron chi connectivity index (χ2n) is 7.35. The predicted octanol–water partition coefficient (Wildman–Crippen LogP) is 4.54. The van der Waals surface area contributed by atoms with Gasteiger partial charge in [0.2, 0.25) is 5.89 Å². The third kappa shape index (κ3) is 5.92. The largest absolute Gasteiger partial charge is 0.454 e. The number of nitro benzene ring substituents is 1. The first-order valence-corrected chi connectivity index (χ1v) is 10.2. The molecule has 1 amide bonds. The number of rotatable bonds is 8. The minimum Gasteiger partial charge on any atom is -0.454 e. The van der Waals surface area contributed by atoms with E-state index in [9.17, 15) is 24.1 Å². The molecule has 3 aromatic rings. The average molecular weight is 476 g/mol. The van der Waals surface area contributed by atoms with E-state index >= 15 is 0 Å². The second kappa shape index (κ2) is 10.2. The molecule has 0 fully saturated rings. The summed E-state index contributed by atoms with van der Waals surface area (Å²) in [5.74, 6) is -1.67. The van der Waals surface area contributed by atoms with E-state index in [1.165, 1.54) is 42.6 Å². The van der Waals surface area contributed by atoms with Crippen LogP contribution in [0.15, 0.2) is 53.1 Å². The minimum absolute atomic E-state index is 0.0267. The third-order valence-electron chi connectivity index (χ3n) is 4.63. The molecular weight excluding hydrogens is 457 g/mol. The first kappa shape index (κ1) is 23.9. The predicted molar refractivity (Wildman–Crippen MR) is 116 cm³/mol. The number of aromatic nitrogens is 1. The summed E-state index contributed by atoms with van der Waals surface area (Å²) < 4.78 is 23.8. The lowest BCUT2D eigenvalue weighted by atomic mass is 10.0. The Morgan fingerprint density at radius 3 is 2.58 bits per heavy atom. The Balaban J connectivity index is 1.65. The highest BCUT2D eigenvalue weighted by Gasteiger charge is 2.27. The molecule has 1 aromatic heterocycles. The number of hydrogen-bond donors (Lipinski definition) is 1. The molecule has 0 spiro atoms.